The molecule has 0 atom stereocenters. The van der Waals surface area contributed by atoms with E-state index in [1.165, 1.54) is 0 Å². The molecule has 2 amide bonds. The molecule has 0 aliphatic carbocycles. The molecule has 0 aromatic rings. The molecule has 5 heteroatoms. The van der Waals surface area contributed by atoms with Crippen molar-refractivity contribution in [3.05, 3.63) is 0 Å². The Morgan fingerprint density at radius 2 is 1.63 bits per heavy atom. The number of hydrogen-bond donors (Lipinski definition) is 1. The molecule has 1 aliphatic heterocycles. The fourth-order valence-corrected chi connectivity index (χ4v) is 2.51. The summed E-state index contributed by atoms with van der Waals surface area (Å²) in [5, 5.41) is 3.21. The van der Waals surface area contributed by atoms with Gasteiger partial charge in [0.1, 0.15) is 0 Å². The van der Waals surface area contributed by atoms with E-state index in [2.05, 4.69) is 5.32 Å². The van der Waals surface area contributed by atoms with Crippen LogP contribution in [0.15, 0.2) is 0 Å². The lowest BCUT2D eigenvalue weighted by Gasteiger charge is -2.31. The Kier molecular flexibility index (Phi) is 5.79. The normalized spacial score (nSPS) is 17.3. The summed E-state index contributed by atoms with van der Waals surface area (Å²) in [6.45, 7) is 11.3. The van der Waals surface area contributed by atoms with Crippen molar-refractivity contribution in [1.82, 2.24) is 15.1 Å². The van der Waals surface area contributed by atoms with Crippen LogP contribution in [0.2, 0.25) is 0 Å². The summed E-state index contributed by atoms with van der Waals surface area (Å²) < 4.78 is 0. The predicted molar refractivity (Wildman–Crippen MR) is 75.8 cm³/mol. The van der Waals surface area contributed by atoms with Gasteiger partial charge < -0.3 is 15.1 Å². The van der Waals surface area contributed by atoms with E-state index < -0.39 is 5.54 Å². The van der Waals surface area contributed by atoms with Crippen LogP contribution in [0.3, 0.4) is 0 Å². The molecule has 0 aromatic heterocycles. The second kappa shape index (κ2) is 6.89. The third kappa shape index (κ3) is 4.20. The zero-order chi connectivity index (χ0) is 14.5. The highest BCUT2D eigenvalue weighted by molar-refractivity contribution is 5.85. The van der Waals surface area contributed by atoms with Crippen molar-refractivity contribution < 1.29 is 9.59 Å². The van der Waals surface area contributed by atoms with Gasteiger partial charge in [-0.3, -0.25) is 9.59 Å². The Bertz CT molecular complexity index is 329. The fraction of sp³-hybridized carbons (Fsp3) is 0.857. The highest BCUT2D eigenvalue weighted by Crippen LogP contribution is 2.12. The van der Waals surface area contributed by atoms with Gasteiger partial charge in [-0.25, -0.2) is 0 Å². The third-order valence-electron chi connectivity index (χ3n) is 3.59. The van der Waals surface area contributed by atoms with E-state index in [4.69, 9.17) is 0 Å². The van der Waals surface area contributed by atoms with Gasteiger partial charge >= 0.3 is 0 Å². The maximum Gasteiger partial charge on any atom is 0.242 e. The van der Waals surface area contributed by atoms with Crippen LogP contribution in [0.1, 0.15) is 40.5 Å². The maximum atomic E-state index is 12.5. The molecule has 0 spiro atoms. The number of nitrogens with zero attached hydrogens (tertiary/aromatic N) is 2. The Morgan fingerprint density at radius 3 is 2.21 bits per heavy atom. The Balaban J connectivity index is 2.62. The van der Waals surface area contributed by atoms with Gasteiger partial charge in [0.15, 0.2) is 0 Å². The monoisotopic (exact) mass is 269 g/mol. The van der Waals surface area contributed by atoms with E-state index in [1.807, 2.05) is 37.5 Å². The van der Waals surface area contributed by atoms with Crippen molar-refractivity contribution in [1.29, 1.82) is 0 Å². The zero-order valence-corrected chi connectivity index (χ0v) is 12.7. The topological polar surface area (TPSA) is 52.7 Å². The molecule has 1 N–H and O–H groups in total. The lowest BCUT2D eigenvalue weighted by molar-refractivity contribution is -0.137. The van der Waals surface area contributed by atoms with Crippen LogP contribution in [0, 0.1) is 0 Å². The molecule has 5 nitrogen and oxygen atoms in total. The summed E-state index contributed by atoms with van der Waals surface area (Å²) in [4.78, 5) is 27.9. The van der Waals surface area contributed by atoms with E-state index in [-0.39, 0.29) is 11.8 Å². The van der Waals surface area contributed by atoms with Crippen molar-refractivity contribution in [2.75, 3.05) is 32.7 Å². The Morgan fingerprint density at radius 1 is 1.05 bits per heavy atom. The van der Waals surface area contributed by atoms with Crippen molar-refractivity contribution in [2.24, 2.45) is 0 Å². The van der Waals surface area contributed by atoms with Crippen LogP contribution < -0.4 is 5.32 Å². The summed E-state index contributed by atoms with van der Waals surface area (Å²) in [6.07, 6.45) is 1.40. The summed E-state index contributed by atoms with van der Waals surface area (Å²) in [5.74, 6) is 0.306. The number of amides is 2. The zero-order valence-electron chi connectivity index (χ0n) is 12.7. The molecule has 1 aliphatic rings. The van der Waals surface area contributed by atoms with Gasteiger partial charge in [-0.05, 0) is 26.8 Å². The largest absolute Gasteiger partial charge is 0.341 e. The predicted octanol–water partition coefficient (Wildman–Crippen LogP) is 0.845. The van der Waals surface area contributed by atoms with Crippen molar-refractivity contribution in [3.8, 4) is 0 Å². The first kappa shape index (κ1) is 16.0. The summed E-state index contributed by atoms with van der Waals surface area (Å²) >= 11 is 0. The average Bonchev–Trinajstić information content (AvgIpc) is 2.62. The molecule has 19 heavy (non-hydrogen) atoms. The first-order valence-corrected chi connectivity index (χ1v) is 7.24. The number of nitrogens with one attached hydrogen (secondary N) is 1. The second-order valence-corrected chi connectivity index (χ2v) is 5.54. The van der Waals surface area contributed by atoms with Crippen LogP contribution in [-0.4, -0.2) is 59.9 Å². The third-order valence-corrected chi connectivity index (χ3v) is 3.59. The van der Waals surface area contributed by atoms with Gasteiger partial charge in [-0.15, -0.1) is 0 Å². The summed E-state index contributed by atoms with van der Waals surface area (Å²) in [7, 11) is 0. The molecule has 1 fully saturated rings. The molecule has 0 saturated carbocycles. The minimum absolute atomic E-state index is 0.125. The molecule has 0 bridgehead atoms. The first-order chi connectivity index (χ1) is 8.92. The van der Waals surface area contributed by atoms with Crippen LogP contribution in [-0.2, 0) is 9.59 Å². The minimum Gasteiger partial charge on any atom is -0.341 e. The first-order valence-electron chi connectivity index (χ1n) is 7.24. The Labute approximate surface area is 116 Å². The van der Waals surface area contributed by atoms with Crippen molar-refractivity contribution in [2.45, 2.75) is 46.1 Å². The SMILES string of the molecule is CCNC(C)(C)C(=O)N1CCCN(C(=O)CC)CC1. The van der Waals surface area contributed by atoms with E-state index >= 15 is 0 Å². The molecular formula is C14H27N3O2. The number of hydrogen-bond acceptors (Lipinski definition) is 3. The van der Waals surface area contributed by atoms with Gasteiger partial charge in [0.2, 0.25) is 11.8 Å². The second-order valence-electron chi connectivity index (χ2n) is 5.54. The smallest absolute Gasteiger partial charge is 0.242 e. The number of likely N-dealkylation sites (N-methyl/N-ethyl adjacent to an activating group) is 1. The highest BCUT2D eigenvalue weighted by atomic mass is 16.2. The quantitative estimate of drug-likeness (QED) is 0.823. The lowest BCUT2D eigenvalue weighted by Crippen LogP contribution is -2.54. The lowest BCUT2D eigenvalue weighted by atomic mass is 10.0. The minimum atomic E-state index is -0.529. The summed E-state index contributed by atoms with van der Waals surface area (Å²) in [6, 6.07) is 0. The standard InChI is InChI=1S/C14H27N3O2/c1-5-12(18)16-8-7-9-17(11-10-16)13(19)14(3,4)15-6-2/h15H,5-11H2,1-4H3. The van der Waals surface area contributed by atoms with E-state index in [1.54, 1.807) is 0 Å². The van der Waals surface area contributed by atoms with Crippen LogP contribution in [0.5, 0.6) is 0 Å². The van der Waals surface area contributed by atoms with Crippen LogP contribution in [0.25, 0.3) is 0 Å². The highest BCUT2D eigenvalue weighted by Gasteiger charge is 2.32. The van der Waals surface area contributed by atoms with Crippen molar-refractivity contribution >= 4 is 11.8 Å². The van der Waals surface area contributed by atoms with Crippen LogP contribution in [0.4, 0.5) is 0 Å². The van der Waals surface area contributed by atoms with Gasteiger partial charge in [0.05, 0.1) is 5.54 Å². The van der Waals surface area contributed by atoms with E-state index in [9.17, 15) is 9.59 Å². The van der Waals surface area contributed by atoms with E-state index in [0.29, 0.717) is 19.5 Å². The molecule has 110 valence electrons. The molecule has 1 heterocycles. The number of carbonyl (C=O) groups excluding carboxylic acids is 2. The van der Waals surface area contributed by atoms with Crippen molar-refractivity contribution in [3.63, 3.8) is 0 Å². The molecule has 0 radical (unpaired) electrons. The molecule has 1 saturated heterocycles. The fourth-order valence-electron chi connectivity index (χ4n) is 2.51. The van der Waals surface area contributed by atoms with E-state index in [0.717, 1.165) is 26.1 Å². The molecule has 0 unspecified atom stereocenters. The average molecular weight is 269 g/mol. The van der Waals surface area contributed by atoms with Gasteiger partial charge in [0.25, 0.3) is 0 Å². The molecule has 1 rings (SSSR count). The van der Waals surface area contributed by atoms with Gasteiger partial charge in [0, 0.05) is 32.6 Å². The molecule has 0 aromatic carbocycles. The maximum absolute atomic E-state index is 12.5. The number of rotatable bonds is 4. The van der Waals surface area contributed by atoms with Gasteiger partial charge in [-0.1, -0.05) is 13.8 Å². The number of carbonyl (C=O) groups is 2. The van der Waals surface area contributed by atoms with Crippen LogP contribution >= 0.6 is 0 Å². The summed E-state index contributed by atoms with van der Waals surface area (Å²) in [5.41, 5.74) is -0.529. The molecular weight excluding hydrogens is 242 g/mol. The Hall–Kier alpha value is -1.10. The van der Waals surface area contributed by atoms with Gasteiger partial charge in [-0.2, -0.15) is 0 Å².